The van der Waals surface area contributed by atoms with E-state index in [2.05, 4.69) is 6.07 Å². The highest BCUT2D eigenvalue weighted by atomic mass is 16.5. The van der Waals surface area contributed by atoms with Gasteiger partial charge in [0.25, 0.3) is 0 Å². The zero-order valence-corrected chi connectivity index (χ0v) is 9.23. The van der Waals surface area contributed by atoms with Crippen molar-refractivity contribution in [2.75, 3.05) is 13.2 Å². The van der Waals surface area contributed by atoms with E-state index in [1.165, 1.54) is 11.1 Å². The molecule has 84 valence electrons. The second kappa shape index (κ2) is 5.85. The van der Waals surface area contributed by atoms with E-state index >= 15 is 0 Å². The number of aliphatic hydroxyl groups excluding tert-OH is 2. The van der Waals surface area contributed by atoms with Crippen LogP contribution in [0.25, 0.3) is 0 Å². The first-order chi connectivity index (χ1) is 7.13. The molecule has 0 aromatic heterocycles. The van der Waals surface area contributed by atoms with Crippen LogP contribution in [0.2, 0.25) is 0 Å². The van der Waals surface area contributed by atoms with Gasteiger partial charge in [-0.05, 0) is 25.0 Å². The molecular weight excluding hydrogens is 192 g/mol. The third kappa shape index (κ3) is 4.00. The van der Waals surface area contributed by atoms with Gasteiger partial charge in [0, 0.05) is 0 Å². The first-order valence-corrected chi connectivity index (χ1v) is 5.06. The minimum absolute atomic E-state index is 0.170. The van der Waals surface area contributed by atoms with Crippen molar-refractivity contribution in [3.05, 3.63) is 34.9 Å². The topological polar surface area (TPSA) is 49.7 Å². The lowest BCUT2D eigenvalue weighted by molar-refractivity contribution is -0.0000972. The monoisotopic (exact) mass is 210 g/mol. The molecule has 0 heterocycles. The molecule has 0 aliphatic carbocycles. The lowest BCUT2D eigenvalue weighted by Gasteiger charge is -2.10. The first kappa shape index (κ1) is 12.2. The summed E-state index contributed by atoms with van der Waals surface area (Å²) in [4.78, 5) is 0. The van der Waals surface area contributed by atoms with Gasteiger partial charge in [-0.15, -0.1) is 0 Å². The molecule has 0 spiro atoms. The Labute approximate surface area is 90.3 Å². The maximum atomic E-state index is 9.07. The van der Waals surface area contributed by atoms with E-state index in [1.54, 1.807) is 0 Å². The van der Waals surface area contributed by atoms with E-state index in [1.807, 2.05) is 26.0 Å². The van der Waals surface area contributed by atoms with E-state index in [9.17, 15) is 0 Å². The summed E-state index contributed by atoms with van der Waals surface area (Å²) in [6.07, 6.45) is -0.782. The standard InChI is InChI=1S/C12H18O3/c1-9-3-4-11(10(2)5-9)7-15-8-12(14)6-13/h3-5,12-14H,6-8H2,1-2H3. The number of hydrogen-bond acceptors (Lipinski definition) is 3. The lowest BCUT2D eigenvalue weighted by atomic mass is 10.1. The number of ether oxygens (including phenoxy) is 1. The van der Waals surface area contributed by atoms with Gasteiger partial charge in [0.15, 0.2) is 0 Å². The minimum Gasteiger partial charge on any atom is -0.394 e. The molecule has 0 amide bonds. The summed E-state index contributed by atoms with van der Waals surface area (Å²) in [5.41, 5.74) is 3.53. The van der Waals surface area contributed by atoms with Crippen LogP contribution in [0.1, 0.15) is 16.7 Å². The number of hydrogen-bond donors (Lipinski definition) is 2. The smallest absolute Gasteiger partial charge is 0.100 e. The fourth-order valence-electron chi connectivity index (χ4n) is 1.37. The average Bonchev–Trinajstić information content (AvgIpc) is 2.21. The van der Waals surface area contributed by atoms with E-state index < -0.39 is 6.10 Å². The van der Waals surface area contributed by atoms with Gasteiger partial charge >= 0.3 is 0 Å². The molecule has 0 bridgehead atoms. The number of rotatable bonds is 5. The van der Waals surface area contributed by atoms with Crippen molar-refractivity contribution < 1.29 is 14.9 Å². The molecule has 15 heavy (non-hydrogen) atoms. The summed E-state index contributed by atoms with van der Waals surface area (Å²) in [5, 5.41) is 17.7. The van der Waals surface area contributed by atoms with Crippen LogP contribution in [0.15, 0.2) is 18.2 Å². The van der Waals surface area contributed by atoms with Gasteiger partial charge in [0.1, 0.15) is 6.10 Å². The molecule has 0 saturated carbocycles. The molecule has 3 nitrogen and oxygen atoms in total. The van der Waals surface area contributed by atoms with Crippen molar-refractivity contribution in [3.8, 4) is 0 Å². The van der Waals surface area contributed by atoms with Crippen LogP contribution in [0.3, 0.4) is 0 Å². The number of aryl methyl sites for hydroxylation is 2. The summed E-state index contributed by atoms with van der Waals surface area (Å²) in [6.45, 7) is 4.47. The van der Waals surface area contributed by atoms with Crippen LogP contribution in [-0.4, -0.2) is 29.5 Å². The normalized spacial score (nSPS) is 12.8. The van der Waals surface area contributed by atoms with E-state index in [0.29, 0.717) is 6.61 Å². The lowest BCUT2D eigenvalue weighted by Crippen LogP contribution is -2.19. The zero-order chi connectivity index (χ0) is 11.3. The Morgan fingerprint density at radius 2 is 2.07 bits per heavy atom. The van der Waals surface area contributed by atoms with Crippen LogP contribution in [0, 0.1) is 13.8 Å². The Hall–Kier alpha value is -0.900. The van der Waals surface area contributed by atoms with Crippen LogP contribution >= 0.6 is 0 Å². The molecule has 1 atom stereocenters. The van der Waals surface area contributed by atoms with Gasteiger partial charge < -0.3 is 14.9 Å². The molecule has 0 saturated heterocycles. The summed E-state index contributed by atoms with van der Waals surface area (Å²) < 4.78 is 5.28. The van der Waals surface area contributed by atoms with Gasteiger partial charge in [-0.2, -0.15) is 0 Å². The largest absolute Gasteiger partial charge is 0.394 e. The van der Waals surface area contributed by atoms with Crippen molar-refractivity contribution in [1.82, 2.24) is 0 Å². The Bertz CT molecular complexity index is 310. The molecule has 1 aromatic carbocycles. The van der Waals surface area contributed by atoms with Crippen LogP contribution in [0.5, 0.6) is 0 Å². The van der Waals surface area contributed by atoms with Gasteiger partial charge in [-0.25, -0.2) is 0 Å². The Morgan fingerprint density at radius 1 is 1.33 bits per heavy atom. The van der Waals surface area contributed by atoms with Crippen LogP contribution in [0.4, 0.5) is 0 Å². The van der Waals surface area contributed by atoms with Crippen molar-refractivity contribution in [2.24, 2.45) is 0 Å². The summed E-state index contributed by atoms with van der Waals surface area (Å²) >= 11 is 0. The third-order valence-electron chi connectivity index (χ3n) is 2.28. The van der Waals surface area contributed by atoms with Gasteiger partial charge in [0.2, 0.25) is 0 Å². The third-order valence-corrected chi connectivity index (χ3v) is 2.28. The van der Waals surface area contributed by atoms with Crippen molar-refractivity contribution >= 4 is 0 Å². The van der Waals surface area contributed by atoms with Crippen molar-refractivity contribution in [3.63, 3.8) is 0 Å². The highest BCUT2D eigenvalue weighted by Crippen LogP contribution is 2.11. The Kier molecular flexibility index (Phi) is 4.75. The number of aliphatic hydroxyl groups is 2. The molecule has 0 aliphatic heterocycles. The SMILES string of the molecule is Cc1ccc(COCC(O)CO)c(C)c1. The van der Waals surface area contributed by atoms with E-state index in [0.717, 1.165) is 5.56 Å². The molecule has 3 heteroatoms. The molecular formula is C12H18O3. The summed E-state index contributed by atoms with van der Waals surface area (Å²) in [7, 11) is 0. The fraction of sp³-hybridized carbons (Fsp3) is 0.500. The number of benzene rings is 1. The molecule has 1 aromatic rings. The van der Waals surface area contributed by atoms with Gasteiger partial charge in [-0.1, -0.05) is 23.8 Å². The quantitative estimate of drug-likeness (QED) is 0.767. The summed E-state index contributed by atoms with van der Waals surface area (Å²) in [5.74, 6) is 0. The maximum Gasteiger partial charge on any atom is 0.100 e. The predicted molar refractivity (Wildman–Crippen MR) is 58.7 cm³/mol. The van der Waals surface area contributed by atoms with Gasteiger partial charge in [0.05, 0.1) is 19.8 Å². The first-order valence-electron chi connectivity index (χ1n) is 5.06. The molecule has 2 N–H and O–H groups in total. The van der Waals surface area contributed by atoms with Gasteiger partial charge in [-0.3, -0.25) is 0 Å². The molecule has 0 aliphatic rings. The molecule has 1 rings (SSSR count). The minimum atomic E-state index is -0.782. The van der Waals surface area contributed by atoms with Crippen molar-refractivity contribution in [1.29, 1.82) is 0 Å². The summed E-state index contributed by atoms with van der Waals surface area (Å²) in [6, 6.07) is 6.16. The van der Waals surface area contributed by atoms with Crippen LogP contribution in [-0.2, 0) is 11.3 Å². The van der Waals surface area contributed by atoms with Crippen molar-refractivity contribution in [2.45, 2.75) is 26.6 Å². The predicted octanol–water partition coefficient (Wildman–Crippen LogP) is 1.17. The van der Waals surface area contributed by atoms with E-state index in [-0.39, 0.29) is 13.2 Å². The van der Waals surface area contributed by atoms with Crippen LogP contribution < -0.4 is 0 Å². The average molecular weight is 210 g/mol. The highest BCUT2D eigenvalue weighted by Gasteiger charge is 2.03. The Morgan fingerprint density at radius 3 is 2.67 bits per heavy atom. The molecule has 0 radical (unpaired) electrons. The second-order valence-corrected chi connectivity index (χ2v) is 3.78. The molecule has 1 unspecified atom stereocenters. The highest BCUT2D eigenvalue weighted by molar-refractivity contribution is 5.29. The second-order valence-electron chi connectivity index (χ2n) is 3.78. The fourth-order valence-corrected chi connectivity index (χ4v) is 1.37. The molecule has 0 fully saturated rings. The maximum absolute atomic E-state index is 9.07. The van der Waals surface area contributed by atoms with E-state index in [4.69, 9.17) is 14.9 Å². The zero-order valence-electron chi connectivity index (χ0n) is 9.23. The Balaban J connectivity index is 2.44.